The molecule has 0 radical (unpaired) electrons. The maximum Gasteiger partial charge on any atom is 0.327 e. The lowest BCUT2D eigenvalue weighted by Crippen LogP contribution is -2.53. The van der Waals surface area contributed by atoms with Gasteiger partial charge in [0.2, 0.25) is 5.91 Å². The third-order valence-electron chi connectivity index (χ3n) is 3.54. The van der Waals surface area contributed by atoms with Crippen LogP contribution in [0.4, 0.5) is 0 Å². The molecule has 2 aliphatic rings. The Kier molecular flexibility index (Phi) is 3.93. The molecule has 0 aromatic carbocycles. The molecule has 0 bridgehead atoms. The Morgan fingerprint density at radius 1 is 1.47 bits per heavy atom. The third kappa shape index (κ3) is 2.57. The molecule has 0 aromatic heterocycles. The van der Waals surface area contributed by atoms with E-state index in [2.05, 4.69) is 5.32 Å². The van der Waals surface area contributed by atoms with Gasteiger partial charge in [-0.15, -0.1) is 0 Å². The highest BCUT2D eigenvalue weighted by Gasteiger charge is 2.38. The quantitative estimate of drug-likeness (QED) is 0.730. The van der Waals surface area contributed by atoms with E-state index in [0.29, 0.717) is 12.3 Å². The summed E-state index contributed by atoms with van der Waals surface area (Å²) in [6.45, 7) is 3.39. The molecule has 96 valence electrons. The van der Waals surface area contributed by atoms with Crippen LogP contribution >= 0.6 is 11.8 Å². The minimum absolute atomic E-state index is 0.00944. The van der Waals surface area contributed by atoms with Crippen molar-refractivity contribution in [2.75, 3.05) is 24.6 Å². The number of aliphatic carboxylic acids is 1. The Labute approximate surface area is 105 Å². The Bertz CT molecular complexity index is 324. The van der Waals surface area contributed by atoms with E-state index < -0.39 is 12.0 Å². The van der Waals surface area contributed by atoms with Crippen LogP contribution in [0, 0.1) is 5.92 Å². The fourth-order valence-electron chi connectivity index (χ4n) is 2.48. The lowest BCUT2D eigenvalue weighted by atomic mass is 9.99. The van der Waals surface area contributed by atoms with Gasteiger partial charge >= 0.3 is 5.97 Å². The summed E-state index contributed by atoms with van der Waals surface area (Å²) >= 11 is 1.61. The average molecular weight is 258 g/mol. The van der Waals surface area contributed by atoms with E-state index in [-0.39, 0.29) is 17.9 Å². The predicted octanol–water partition coefficient (Wildman–Crippen LogP) is 0.0130. The molecule has 0 saturated carbocycles. The van der Waals surface area contributed by atoms with Crippen molar-refractivity contribution < 1.29 is 14.7 Å². The number of carbonyl (C=O) groups is 2. The number of carboxylic acid groups (broad SMARTS) is 1. The molecule has 0 spiro atoms. The van der Waals surface area contributed by atoms with Gasteiger partial charge in [0.25, 0.3) is 0 Å². The van der Waals surface area contributed by atoms with E-state index in [0.717, 1.165) is 18.7 Å². The molecular formula is C11H18N2O3S. The molecule has 2 N–H and O–H groups in total. The SMILES string of the molecule is CC1NCCC1C(=O)N1CCSCC1C(=O)O. The van der Waals surface area contributed by atoms with Crippen molar-refractivity contribution >= 4 is 23.6 Å². The number of thioether (sulfide) groups is 1. The van der Waals surface area contributed by atoms with Crippen LogP contribution < -0.4 is 5.32 Å². The molecule has 0 aliphatic carbocycles. The van der Waals surface area contributed by atoms with Crippen molar-refractivity contribution in [3.8, 4) is 0 Å². The van der Waals surface area contributed by atoms with Gasteiger partial charge < -0.3 is 15.3 Å². The molecule has 2 aliphatic heterocycles. The highest BCUT2D eigenvalue weighted by molar-refractivity contribution is 7.99. The molecule has 6 heteroatoms. The lowest BCUT2D eigenvalue weighted by molar-refractivity contribution is -0.151. The Hall–Kier alpha value is -0.750. The number of hydrogen-bond acceptors (Lipinski definition) is 4. The third-order valence-corrected chi connectivity index (χ3v) is 4.56. The first-order valence-electron chi connectivity index (χ1n) is 5.95. The van der Waals surface area contributed by atoms with E-state index in [4.69, 9.17) is 5.11 Å². The van der Waals surface area contributed by atoms with Gasteiger partial charge in [-0.25, -0.2) is 4.79 Å². The van der Waals surface area contributed by atoms with Crippen LogP contribution in [0.15, 0.2) is 0 Å². The zero-order valence-electron chi connectivity index (χ0n) is 9.89. The lowest BCUT2D eigenvalue weighted by Gasteiger charge is -2.35. The standard InChI is InChI=1S/C11H18N2O3S/c1-7-8(2-3-12-7)10(14)13-4-5-17-6-9(13)11(15)16/h7-9,12H,2-6H2,1H3,(H,15,16). The predicted molar refractivity (Wildman–Crippen MR) is 66.0 cm³/mol. The molecule has 0 aromatic rings. The Morgan fingerprint density at radius 2 is 2.24 bits per heavy atom. The highest BCUT2D eigenvalue weighted by Crippen LogP contribution is 2.23. The summed E-state index contributed by atoms with van der Waals surface area (Å²) in [6, 6.07) is -0.486. The minimum Gasteiger partial charge on any atom is -0.480 e. The minimum atomic E-state index is -0.885. The van der Waals surface area contributed by atoms with Gasteiger partial charge in [-0.3, -0.25) is 4.79 Å². The van der Waals surface area contributed by atoms with Gasteiger partial charge in [0.15, 0.2) is 0 Å². The van der Waals surface area contributed by atoms with Gasteiger partial charge in [-0.2, -0.15) is 11.8 Å². The second-order valence-corrected chi connectivity index (χ2v) is 5.75. The van der Waals surface area contributed by atoms with Crippen LogP contribution in [0.2, 0.25) is 0 Å². The zero-order valence-corrected chi connectivity index (χ0v) is 10.7. The molecule has 3 atom stereocenters. The molecule has 2 heterocycles. The number of rotatable bonds is 2. The van der Waals surface area contributed by atoms with Crippen molar-refractivity contribution in [1.29, 1.82) is 0 Å². The van der Waals surface area contributed by atoms with E-state index >= 15 is 0 Å². The van der Waals surface area contributed by atoms with Crippen LogP contribution in [0.5, 0.6) is 0 Å². The smallest absolute Gasteiger partial charge is 0.327 e. The Morgan fingerprint density at radius 3 is 2.82 bits per heavy atom. The first-order chi connectivity index (χ1) is 8.11. The van der Waals surface area contributed by atoms with Gasteiger partial charge in [-0.1, -0.05) is 0 Å². The molecule has 1 amide bonds. The van der Waals surface area contributed by atoms with Crippen LogP contribution in [-0.4, -0.2) is 58.6 Å². The zero-order chi connectivity index (χ0) is 12.4. The fraction of sp³-hybridized carbons (Fsp3) is 0.818. The van der Waals surface area contributed by atoms with Gasteiger partial charge in [0.05, 0.1) is 5.92 Å². The van der Waals surface area contributed by atoms with Crippen molar-refractivity contribution in [3.63, 3.8) is 0 Å². The number of nitrogens with one attached hydrogen (secondary N) is 1. The molecule has 2 fully saturated rings. The second-order valence-electron chi connectivity index (χ2n) is 4.60. The summed E-state index contributed by atoms with van der Waals surface area (Å²) < 4.78 is 0. The van der Waals surface area contributed by atoms with E-state index in [1.807, 2.05) is 6.92 Å². The van der Waals surface area contributed by atoms with Crippen molar-refractivity contribution in [1.82, 2.24) is 10.2 Å². The van der Waals surface area contributed by atoms with E-state index in [1.54, 1.807) is 16.7 Å². The number of hydrogen-bond donors (Lipinski definition) is 2. The van der Waals surface area contributed by atoms with Crippen molar-refractivity contribution in [2.45, 2.75) is 25.4 Å². The number of carbonyl (C=O) groups excluding carboxylic acids is 1. The molecular weight excluding hydrogens is 240 g/mol. The molecule has 17 heavy (non-hydrogen) atoms. The summed E-state index contributed by atoms with van der Waals surface area (Å²) in [5.41, 5.74) is 0. The molecule has 5 nitrogen and oxygen atoms in total. The maximum absolute atomic E-state index is 12.3. The first-order valence-corrected chi connectivity index (χ1v) is 7.11. The summed E-state index contributed by atoms with van der Waals surface area (Å²) in [5.74, 6) is 0.416. The molecule has 2 saturated heterocycles. The van der Waals surface area contributed by atoms with Gasteiger partial charge in [0.1, 0.15) is 6.04 Å². The summed E-state index contributed by atoms with van der Waals surface area (Å²) in [6.07, 6.45) is 0.815. The maximum atomic E-state index is 12.3. The largest absolute Gasteiger partial charge is 0.480 e. The van der Waals surface area contributed by atoms with Crippen LogP contribution in [0.25, 0.3) is 0 Å². The highest BCUT2D eigenvalue weighted by atomic mass is 32.2. The van der Waals surface area contributed by atoms with Gasteiger partial charge in [0, 0.05) is 24.1 Å². The van der Waals surface area contributed by atoms with Crippen molar-refractivity contribution in [3.05, 3.63) is 0 Å². The van der Waals surface area contributed by atoms with E-state index in [9.17, 15) is 9.59 Å². The summed E-state index contributed by atoms with van der Waals surface area (Å²) in [5, 5.41) is 12.4. The van der Waals surface area contributed by atoms with Crippen LogP contribution in [-0.2, 0) is 9.59 Å². The monoisotopic (exact) mass is 258 g/mol. The van der Waals surface area contributed by atoms with Crippen molar-refractivity contribution in [2.24, 2.45) is 5.92 Å². The van der Waals surface area contributed by atoms with E-state index in [1.165, 1.54) is 0 Å². The topological polar surface area (TPSA) is 69.6 Å². The summed E-state index contributed by atoms with van der Waals surface area (Å²) in [7, 11) is 0. The first kappa shape index (κ1) is 12.7. The molecule has 3 unspecified atom stereocenters. The normalized spacial score (nSPS) is 33.7. The summed E-state index contributed by atoms with van der Waals surface area (Å²) in [4.78, 5) is 25.0. The fourth-order valence-corrected chi connectivity index (χ4v) is 3.52. The average Bonchev–Trinajstić information content (AvgIpc) is 2.74. The number of nitrogens with zero attached hydrogens (tertiary/aromatic N) is 1. The molecule has 2 rings (SSSR count). The second kappa shape index (κ2) is 5.27. The number of amides is 1. The van der Waals surface area contributed by atoms with Crippen LogP contribution in [0.1, 0.15) is 13.3 Å². The van der Waals surface area contributed by atoms with Crippen LogP contribution in [0.3, 0.4) is 0 Å². The van der Waals surface area contributed by atoms with Gasteiger partial charge in [-0.05, 0) is 19.9 Å². The number of carboxylic acids is 1. The Balaban J connectivity index is 2.08.